The van der Waals surface area contributed by atoms with Crippen LogP contribution in [0.25, 0.3) is 0 Å². The van der Waals surface area contributed by atoms with E-state index < -0.39 is 0 Å². The van der Waals surface area contributed by atoms with Crippen molar-refractivity contribution in [1.82, 2.24) is 0 Å². The summed E-state index contributed by atoms with van der Waals surface area (Å²) >= 11 is 0. The molecule has 4 atom stereocenters. The molecule has 17 heavy (non-hydrogen) atoms. The van der Waals surface area contributed by atoms with Crippen LogP contribution >= 0.6 is 0 Å². The molecular formula is C17H30. The predicted molar refractivity (Wildman–Crippen MR) is 73.9 cm³/mol. The second kappa shape index (κ2) is 3.52. The Labute approximate surface area is 108 Å². The molecule has 3 fully saturated rings. The van der Waals surface area contributed by atoms with Crippen LogP contribution in [-0.4, -0.2) is 0 Å². The summed E-state index contributed by atoms with van der Waals surface area (Å²) in [6.07, 6.45) is 12.0. The van der Waals surface area contributed by atoms with Crippen molar-refractivity contribution < 1.29 is 0 Å². The van der Waals surface area contributed by atoms with Crippen LogP contribution in [0.1, 0.15) is 79.1 Å². The van der Waals surface area contributed by atoms with Gasteiger partial charge in [0.1, 0.15) is 0 Å². The molecule has 0 aromatic rings. The van der Waals surface area contributed by atoms with Gasteiger partial charge in [-0.2, -0.15) is 0 Å². The molecule has 0 heteroatoms. The van der Waals surface area contributed by atoms with E-state index in [9.17, 15) is 0 Å². The van der Waals surface area contributed by atoms with E-state index in [1.165, 1.54) is 51.4 Å². The average Bonchev–Trinajstić information content (AvgIpc) is 2.60. The van der Waals surface area contributed by atoms with Gasteiger partial charge in [-0.15, -0.1) is 0 Å². The van der Waals surface area contributed by atoms with Crippen LogP contribution in [0.2, 0.25) is 0 Å². The first-order chi connectivity index (χ1) is 7.89. The van der Waals surface area contributed by atoms with Gasteiger partial charge in [0.05, 0.1) is 0 Å². The van der Waals surface area contributed by atoms with Crippen molar-refractivity contribution in [3.63, 3.8) is 0 Å². The molecule has 0 radical (unpaired) electrons. The van der Waals surface area contributed by atoms with Crippen molar-refractivity contribution in [2.45, 2.75) is 79.1 Å². The fraction of sp³-hybridized carbons (Fsp3) is 1.00. The summed E-state index contributed by atoms with van der Waals surface area (Å²) in [7, 11) is 0. The highest BCUT2D eigenvalue weighted by Crippen LogP contribution is 2.68. The SMILES string of the molecule is CC1(C)CCC[C@@]2(C)[C@H]1CC[C@@]1(C)CCC[C@@H]12. The van der Waals surface area contributed by atoms with Gasteiger partial charge in [-0.25, -0.2) is 0 Å². The zero-order chi connectivity index (χ0) is 12.3. The summed E-state index contributed by atoms with van der Waals surface area (Å²) < 4.78 is 0. The topological polar surface area (TPSA) is 0 Å². The molecule has 0 aromatic heterocycles. The van der Waals surface area contributed by atoms with Gasteiger partial charge in [0.25, 0.3) is 0 Å². The molecule has 0 heterocycles. The van der Waals surface area contributed by atoms with Crippen molar-refractivity contribution in [3.05, 3.63) is 0 Å². The highest BCUT2D eigenvalue weighted by atomic mass is 14.6. The van der Waals surface area contributed by atoms with Gasteiger partial charge in [-0.1, -0.05) is 40.5 Å². The molecule has 3 rings (SSSR count). The van der Waals surface area contributed by atoms with E-state index in [2.05, 4.69) is 27.7 Å². The third kappa shape index (κ3) is 1.55. The Morgan fingerprint density at radius 2 is 1.47 bits per heavy atom. The van der Waals surface area contributed by atoms with E-state index in [1.54, 1.807) is 0 Å². The highest BCUT2D eigenvalue weighted by Gasteiger charge is 2.59. The third-order valence-electron chi connectivity index (χ3n) is 7.16. The molecule has 0 bridgehead atoms. The molecular weight excluding hydrogens is 204 g/mol. The zero-order valence-corrected chi connectivity index (χ0v) is 12.3. The molecule has 0 N–H and O–H groups in total. The monoisotopic (exact) mass is 234 g/mol. The standard InChI is InChI=1S/C17H30/c1-15(2)9-6-11-17(4)13(15)8-12-16(3)10-5-7-14(16)17/h13-14H,5-12H2,1-4H3/t13-,14-,16+,17-/m0/s1. The molecule has 0 aliphatic heterocycles. The lowest BCUT2D eigenvalue weighted by molar-refractivity contribution is -0.116. The minimum Gasteiger partial charge on any atom is -0.0596 e. The minimum absolute atomic E-state index is 0.608. The molecule has 3 aliphatic rings. The van der Waals surface area contributed by atoms with E-state index in [0.717, 1.165) is 11.8 Å². The number of hydrogen-bond donors (Lipinski definition) is 0. The van der Waals surface area contributed by atoms with E-state index in [0.29, 0.717) is 16.2 Å². The number of rotatable bonds is 0. The summed E-state index contributed by atoms with van der Waals surface area (Å²) in [5.74, 6) is 2.04. The van der Waals surface area contributed by atoms with Gasteiger partial charge in [0, 0.05) is 0 Å². The maximum atomic E-state index is 2.66. The average molecular weight is 234 g/mol. The van der Waals surface area contributed by atoms with Gasteiger partial charge in [0.2, 0.25) is 0 Å². The van der Waals surface area contributed by atoms with Crippen LogP contribution in [-0.2, 0) is 0 Å². The fourth-order valence-corrected chi connectivity index (χ4v) is 6.44. The van der Waals surface area contributed by atoms with Crippen LogP contribution in [0.15, 0.2) is 0 Å². The first-order valence-corrected chi connectivity index (χ1v) is 7.89. The predicted octanol–water partition coefficient (Wildman–Crippen LogP) is 5.42. The van der Waals surface area contributed by atoms with Crippen molar-refractivity contribution in [1.29, 1.82) is 0 Å². The lowest BCUT2D eigenvalue weighted by Gasteiger charge is -2.61. The fourth-order valence-electron chi connectivity index (χ4n) is 6.44. The maximum Gasteiger partial charge on any atom is -0.0259 e. The van der Waals surface area contributed by atoms with Crippen molar-refractivity contribution in [3.8, 4) is 0 Å². The molecule has 0 nitrogen and oxygen atoms in total. The van der Waals surface area contributed by atoms with Crippen LogP contribution in [0.3, 0.4) is 0 Å². The van der Waals surface area contributed by atoms with E-state index in [1.807, 2.05) is 0 Å². The van der Waals surface area contributed by atoms with Crippen LogP contribution in [0, 0.1) is 28.1 Å². The Bertz CT molecular complexity index is 312. The van der Waals surface area contributed by atoms with E-state index >= 15 is 0 Å². The molecule has 98 valence electrons. The first-order valence-electron chi connectivity index (χ1n) is 7.89. The molecule has 0 unspecified atom stereocenters. The normalized spacial score (nSPS) is 52.9. The molecule has 3 saturated carbocycles. The quantitative estimate of drug-likeness (QED) is 0.525. The lowest BCUT2D eigenvalue weighted by atomic mass is 9.44. The minimum atomic E-state index is 0.608. The molecule has 3 aliphatic carbocycles. The number of fused-ring (bicyclic) bond motifs is 3. The van der Waals surface area contributed by atoms with E-state index in [4.69, 9.17) is 0 Å². The Kier molecular flexibility index (Phi) is 2.49. The summed E-state index contributed by atoms with van der Waals surface area (Å²) in [5.41, 5.74) is 1.99. The Balaban J connectivity index is 1.98. The van der Waals surface area contributed by atoms with Gasteiger partial charge >= 0.3 is 0 Å². The third-order valence-corrected chi connectivity index (χ3v) is 7.16. The molecule has 0 amide bonds. The highest BCUT2D eigenvalue weighted by molar-refractivity contribution is 5.08. The summed E-state index contributed by atoms with van der Waals surface area (Å²) in [4.78, 5) is 0. The van der Waals surface area contributed by atoms with Crippen molar-refractivity contribution >= 4 is 0 Å². The number of hydrogen-bond acceptors (Lipinski definition) is 0. The zero-order valence-electron chi connectivity index (χ0n) is 12.3. The van der Waals surface area contributed by atoms with Crippen LogP contribution in [0.5, 0.6) is 0 Å². The largest absolute Gasteiger partial charge is 0.0596 e. The lowest BCUT2D eigenvalue weighted by Crippen LogP contribution is -2.53. The van der Waals surface area contributed by atoms with Gasteiger partial charge in [-0.3, -0.25) is 0 Å². The van der Waals surface area contributed by atoms with Gasteiger partial charge in [-0.05, 0) is 66.6 Å². The Morgan fingerprint density at radius 1 is 0.706 bits per heavy atom. The van der Waals surface area contributed by atoms with Gasteiger partial charge in [0.15, 0.2) is 0 Å². The second-order valence-electron chi connectivity index (χ2n) is 8.54. The molecule has 0 saturated heterocycles. The van der Waals surface area contributed by atoms with Crippen LogP contribution in [0.4, 0.5) is 0 Å². The molecule has 0 aromatic carbocycles. The Morgan fingerprint density at radius 3 is 2.24 bits per heavy atom. The second-order valence-corrected chi connectivity index (χ2v) is 8.54. The van der Waals surface area contributed by atoms with Crippen molar-refractivity contribution in [2.24, 2.45) is 28.1 Å². The summed E-state index contributed by atoms with van der Waals surface area (Å²) in [6.45, 7) is 10.4. The maximum absolute atomic E-state index is 2.66. The summed E-state index contributed by atoms with van der Waals surface area (Å²) in [6, 6.07) is 0. The van der Waals surface area contributed by atoms with Crippen LogP contribution < -0.4 is 0 Å². The Hall–Kier alpha value is 0. The first kappa shape index (κ1) is 12.1. The molecule has 0 spiro atoms. The van der Waals surface area contributed by atoms with E-state index in [-0.39, 0.29) is 0 Å². The smallest absolute Gasteiger partial charge is 0.0259 e. The summed E-state index contributed by atoms with van der Waals surface area (Å²) in [5, 5.41) is 0. The van der Waals surface area contributed by atoms with Crippen molar-refractivity contribution in [2.75, 3.05) is 0 Å². The van der Waals surface area contributed by atoms with Gasteiger partial charge < -0.3 is 0 Å².